The summed E-state index contributed by atoms with van der Waals surface area (Å²) < 4.78 is 0. The molecule has 4 N–H and O–H groups in total. The Kier molecular flexibility index (Phi) is 3.92. The van der Waals surface area contributed by atoms with Crippen molar-refractivity contribution < 1.29 is 20.4 Å². The summed E-state index contributed by atoms with van der Waals surface area (Å²) in [7, 11) is 0. The molecule has 0 aromatic heterocycles. The second-order valence-electron chi connectivity index (χ2n) is 4.54. The van der Waals surface area contributed by atoms with Gasteiger partial charge in [0.05, 0.1) is 6.10 Å². The average Bonchev–Trinajstić information content (AvgIpc) is 2.33. The summed E-state index contributed by atoms with van der Waals surface area (Å²) in [5.41, 5.74) is 1.40. The van der Waals surface area contributed by atoms with E-state index in [2.05, 4.69) is 0 Å². The van der Waals surface area contributed by atoms with Crippen LogP contribution in [0.3, 0.4) is 0 Å². The van der Waals surface area contributed by atoms with E-state index in [1.807, 2.05) is 6.07 Å². The average molecular weight is 260 g/mol. The van der Waals surface area contributed by atoms with Crippen LogP contribution < -0.4 is 0 Å². The molecule has 100 valence electrons. The van der Waals surface area contributed by atoms with Crippen molar-refractivity contribution in [3.05, 3.63) is 53.6 Å². The zero-order chi connectivity index (χ0) is 13.8. The molecule has 2 aromatic rings. The Morgan fingerprint density at radius 2 is 1.58 bits per heavy atom. The lowest BCUT2D eigenvalue weighted by Crippen LogP contribution is -2.13. The molecule has 0 amide bonds. The van der Waals surface area contributed by atoms with Crippen LogP contribution >= 0.6 is 0 Å². The van der Waals surface area contributed by atoms with E-state index in [1.54, 1.807) is 24.3 Å². The summed E-state index contributed by atoms with van der Waals surface area (Å²) in [4.78, 5) is 0. The van der Waals surface area contributed by atoms with E-state index in [-0.39, 0.29) is 23.7 Å². The molecule has 0 aliphatic heterocycles. The Labute approximate surface area is 111 Å². The van der Waals surface area contributed by atoms with Gasteiger partial charge < -0.3 is 20.4 Å². The van der Waals surface area contributed by atoms with E-state index < -0.39 is 6.10 Å². The van der Waals surface area contributed by atoms with E-state index in [0.29, 0.717) is 12.0 Å². The van der Waals surface area contributed by atoms with Gasteiger partial charge in [0.2, 0.25) is 0 Å². The maximum absolute atomic E-state index is 9.99. The van der Waals surface area contributed by atoms with Gasteiger partial charge in [-0.15, -0.1) is 0 Å². The molecule has 1 atom stereocenters. The van der Waals surface area contributed by atoms with Crippen LogP contribution in [0.15, 0.2) is 42.5 Å². The van der Waals surface area contributed by atoms with Crippen molar-refractivity contribution in [3.8, 4) is 17.2 Å². The van der Waals surface area contributed by atoms with Gasteiger partial charge in [-0.25, -0.2) is 0 Å². The first kappa shape index (κ1) is 13.2. The SMILES string of the molecule is Oc1cccc(CC(O)Cc2ccc(O)cc2O)c1. The smallest absolute Gasteiger partial charge is 0.122 e. The first-order valence-electron chi connectivity index (χ1n) is 6.01. The minimum absolute atomic E-state index is 0.0104. The van der Waals surface area contributed by atoms with Crippen LogP contribution in [0.1, 0.15) is 11.1 Å². The van der Waals surface area contributed by atoms with Gasteiger partial charge in [0.15, 0.2) is 0 Å². The molecule has 0 aliphatic carbocycles. The van der Waals surface area contributed by atoms with Crippen molar-refractivity contribution in [3.63, 3.8) is 0 Å². The van der Waals surface area contributed by atoms with Gasteiger partial charge in [-0.2, -0.15) is 0 Å². The number of aliphatic hydroxyl groups excluding tert-OH is 1. The van der Waals surface area contributed by atoms with Gasteiger partial charge in [-0.05, 0) is 35.7 Å². The first-order chi connectivity index (χ1) is 9.04. The van der Waals surface area contributed by atoms with Crippen LogP contribution in [0, 0.1) is 0 Å². The Morgan fingerprint density at radius 1 is 0.842 bits per heavy atom. The minimum Gasteiger partial charge on any atom is -0.508 e. The molecule has 0 spiro atoms. The van der Waals surface area contributed by atoms with Gasteiger partial charge in [0.1, 0.15) is 17.2 Å². The topological polar surface area (TPSA) is 80.9 Å². The lowest BCUT2D eigenvalue weighted by molar-refractivity contribution is 0.174. The molecule has 2 aromatic carbocycles. The van der Waals surface area contributed by atoms with Crippen molar-refractivity contribution in [1.29, 1.82) is 0 Å². The number of rotatable bonds is 4. The lowest BCUT2D eigenvalue weighted by Gasteiger charge is -2.12. The van der Waals surface area contributed by atoms with Gasteiger partial charge >= 0.3 is 0 Å². The number of phenols is 3. The highest BCUT2D eigenvalue weighted by atomic mass is 16.3. The summed E-state index contributed by atoms with van der Waals surface area (Å²) in [5, 5.41) is 38.2. The highest BCUT2D eigenvalue weighted by Crippen LogP contribution is 2.24. The van der Waals surface area contributed by atoms with E-state index in [9.17, 15) is 20.4 Å². The molecule has 19 heavy (non-hydrogen) atoms. The molecule has 0 saturated carbocycles. The number of aromatic hydroxyl groups is 3. The van der Waals surface area contributed by atoms with Crippen LogP contribution in [0.4, 0.5) is 0 Å². The Balaban J connectivity index is 2.03. The molecular formula is C15H16O4. The zero-order valence-electron chi connectivity index (χ0n) is 10.3. The molecule has 1 unspecified atom stereocenters. The quantitative estimate of drug-likeness (QED) is 0.677. The molecule has 2 rings (SSSR count). The maximum Gasteiger partial charge on any atom is 0.122 e. The minimum atomic E-state index is -0.669. The number of hydrogen-bond donors (Lipinski definition) is 4. The van der Waals surface area contributed by atoms with Gasteiger partial charge in [0.25, 0.3) is 0 Å². The highest BCUT2D eigenvalue weighted by molar-refractivity contribution is 5.39. The second kappa shape index (κ2) is 5.63. The van der Waals surface area contributed by atoms with E-state index in [0.717, 1.165) is 5.56 Å². The monoisotopic (exact) mass is 260 g/mol. The van der Waals surface area contributed by atoms with E-state index in [1.165, 1.54) is 12.1 Å². The summed E-state index contributed by atoms with van der Waals surface area (Å²) in [6.45, 7) is 0. The largest absolute Gasteiger partial charge is 0.508 e. The van der Waals surface area contributed by atoms with Crippen molar-refractivity contribution in [2.45, 2.75) is 18.9 Å². The molecule has 0 bridgehead atoms. The van der Waals surface area contributed by atoms with Crippen molar-refractivity contribution in [2.24, 2.45) is 0 Å². The third-order valence-electron chi connectivity index (χ3n) is 2.91. The first-order valence-corrected chi connectivity index (χ1v) is 6.01. The summed E-state index contributed by atoms with van der Waals surface area (Å²) in [5.74, 6) is 0.121. The fourth-order valence-electron chi connectivity index (χ4n) is 2.01. The Hall–Kier alpha value is -2.20. The van der Waals surface area contributed by atoms with Crippen molar-refractivity contribution >= 4 is 0 Å². The van der Waals surface area contributed by atoms with Crippen LogP contribution in [-0.4, -0.2) is 26.5 Å². The molecule has 0 fully saturated rings. The molecular weight excluding hydrogens is 244 g/mol. The van der Waals surface area contributed by atoms with Crippen LogP contribution in [-0.2, 0) is 12.8 Å². The molecule has 4 heteroatoms. The van der Waals surface area contributed by atoms with E-state index >= 15 is 0 Å². The molecule has 4 nitrogen and oxygen atoms in total. The molecule has 0 saturated heterocycles. The highest BCUT2D eigenvalue weighted by Gasteiger charge is 2.10. The standard InChI is InChI=1S/C15H16O4/c16-12-3-1-2-10(6-12)7-14(18)8-11-4-5-13(17)9-15(11)19/h1-6,9,14,16-19H,7-8H2. The van der Waals surface area contributed by atoms with Gasteiger partial charge in [0, 0.05) is 12.5 Å². The maximum atomic E-state index is 9.99. The molecule has 0 radical (unpaired) electrons. The lowest BCUT2D eigenvalue weighted by atomic mass is 10.0. The normalized spacial score (nSPS) is 12.3. The Bertz CT molecular complexity index is 566. The zero-order valence-corrected chi connectivity index (χ0v) is 10.3. The van der Waals surface area contributed by atoms with Gasteiger partial charge in [-0.3, -0.25) is 0 Å². The summed E-state index contributed by atoms with van der Waals surface area (Å²) >= 11 is 0. The third kappa shape index (κ3) is 3.63. The van der Waals surface area contributed by atoms with Crippen molar-refractivity contribution in [2.75, 3.05) is 0 Å². The fraction of sp³-hybridized carbons (Fsp3) is 0.200. The van der Waals surface area contributed by atoms with Crippen LogP contribution in [0.2, 0.25) is 0 Å². The molecule has 0 aliphatic rings. The third-order valence-corrected chi connectivity index (χ3v) is 2.91. The van der Waals surface area contributed by atoms with Crippen LogP contribution in [0.5, 0.6) is 17.2 Å². The second-order valence-corrected chi connectivity index (χ2v) is 4.54. The number of aliphatic hydroxyl groups is 1. The predicted octanol–water partition coefficient (Wildman–Crippen LogP) is 1.95. The predicted molar refractivity (Wildman–Crippen MR) is 71.3 cm³/mol. The van der Waals surface area contributed by atoms with Crippen molar-refractivity contribution in [1.82, 2.24) is 0 Å². The van der Waals surface area contributed by atoms with Crippen LogP contribution in [0.25, 0.3) is 0 Å². The molecule has 0 heterocycles. The summed E-state index contributed by atoms with van der Waals surface area (Å²) in [6.07, 6.45) is -0.00604. The van der Waals surface area contributed by atoms with Gasteiger partial charge in [-0.1, -0.05) is 18.2 Å². The fourth-order valence-corrected chi connectivity index (χ4v) is 2.01. The summed E-state index contributed by atoms with van der Waals surface area (Å²) in [6, 6.07) is 11.0. The number of benzene rings is 2. The number of hydrogen-bond acceptors (Lipinski definition) is 4. The Morgan fingerprint density at radius 3 is 2.26 bits per heavy atom. The van der Waals surface area contributed by atoms with E-state index in [4.69, 9.17) is 0 Å². The number of phenolic OH excluding ortho intramolecular Hbond substituents is 3.